The van der Waals surface area contributed by atoms with Gasteiger partial charge in [-0.15, -0.1) is 11.3 Å². The molecule has 1 nitrogen and oxygen atoms in total. The van der Waals surface area contributed by atoms with E-state index in [9.17, 15) is 0 Å². The third-order valence-electron chi connectivity index (χ3n) is 1.39. The van der Waals surface area contributed by atoms with Crippen LogP contribution >= 0.6 is 11.3 Å². The minimum Gasteiger partial charge on any atom is -0.245 e. The number of thiazole rings is 1. The lowest BCUT2D eigenvalue weighted by atomic mass is 9.96. The van der Waals surface area contributed by atoms with Gasteiger partial charge in [-0.05, 0) is 6.07 Å². The maximum Gasteiger partial charge on any atom is 0.115 e. The molecule has 0 unspecified atom stereocenters. The van der Waals surface area contributed by atoms with Crippen molar-refractivity contribution >= 4 is 34.9 Å². The van der Waals surface area contributed by atoms with E-state index in [1.54, 1.807) is 16.8 Å². The summed E-state index contributed by atoms with van der Waals surface area (Å²) in [5.41, 5.74) is 3.62. The molecular formula is C7H4BNS. The van der Waals surface area contributed by atoms with Gasteiger partial charge in [-0.1, -0.05) is 17.6 Å². The highest BCUT2D eigenvalue weighted by molar-refractivity contribution is 7.18. The van der Waals surface area contributed by atoms with E-state index < -0.39 is 0 Å². The van der Waals surface area contributed by atoms with Gasteiger partial charge >= 0.3 is 0 Å². The van der Waals surface area contributed by atoms with Crippen molar-refractivity contribution in [3.63, 3.8) is 0 Å². The van der Waals surface area contributed by atoms with Crippen LogP contribution in [0.5, 0.6) is 0 Å². The molecule has 0 spiro atoms. The molecule has 0 amide bonds. The molecule has 0 bridgehead atoms. The Morgan fingerprint density at radius 3 is 3.10 bits per heavy atom. The molecule has 0 N–H and O–H groups in total. The van der Waals surface area contributed by atoms with Crippen LogP contribution in [0.15, 0.2) is 23.7 Å². The van der Waals surface area contributed by atoms with Crippen LogP contribution < -0.4 is 5.46 Å². The van der Waals surface area contributed by atoms with Gasteiger partial charge in [0.25, 0.3) is 0 Å². The van der Waals surface area contributed by atoms with E-state index in [2.05, 4.69) is 4.98 Å². The van der Waals surface area contributed by atoms with Crippen molar-refractivity contribution in [3.05, 3.63) is 23.7 Å². The number of aromatic nitrogens is 1. The maximum absolute atomic E-state index is 5.67. The summed E-state index contributed by atoms with van der Waals surface area (Å²) in [4.78, 5) is 4.12. The average Bonchev–Trinajstić information content (AvgIpc) is 2.36. The van der Waals surface area contributed by atoms with Gasteiger partial charge in [-0.2, -0.15) is 0 Å². The van der Waals surface area contributed by atoms with Gasteiger partial charge in [0, 0.05) is 4.70 Å². The molecular weight excluding hydrogens is 141 g/mol. The molecule has 0 aliphatic heterocycles. The van der Waals surface area contributed by atoms with E-state index in [4.69, 9.17) is 7.85 Å². The van der Waals surface area contributed by atoms with E-state index in [1.165, 1.54) is 0 Å². The first-order valence-corrected chi connectivity index (χ1v) is 3.83. The zero-order valence-corrected chi connectivity index (χ0v) is 6.06. The second kappa shape index (κ2) is 2.09. The predicted molar refractivity (Wildman–Crippen MR) is 45.0 cm³/mol. The number of rotatable bonds is 0. The van der Waals surface area contributed by atoms with Gasteiger partial charge < -0.3 is 0 Å². The number of benzene rings is 1. The van der Waals surface area contributed by atoms with E-state index in [-0.39, 0.29) is 0 Å². The fraction of sp³-hybridized carbons (Fsp3) is 0. The Kier molecular flexibility index (Phi) is 1.24. The molecule has 46 valence electrons. The third-order valence-corrected chi connectivity index (χ3v) is 2.28. The molecule has 0 saturated heterocycles. The van der Waals surface area contributed by atoms with Crippen molar-refractivity contribution in [2.75, 3.05) is 0 Å². The largest absolute Gasteiger partial charge is 0.245 e. The summed E-state index contributed by atoms with van der Waals surface area (Å²) in [6, 6.07) is 5.76. The van der Waals surface area contributed by atoms with Crippen molar-refractivity contribution in [2.45, 2.75) is 0 Å². The molecule has 0 atom stereocenters. The Morgan fingerprint density at radius 2 is 2.30 bits per heavy atom. The predicted octanol–water partition coefficient (Wildman–Crippen LogP) is 1.09. The Hall–Kier alpha value is -0.825. The number of nitrogens with zero attached hydrogens (tertiary/aromatic N) is 1. The van der Waals surface area contributed by atoms with Crippen LogP contribution in [0.1, 0.15) is 0 Å². The molecule has 0 aliphatic carbocycles. The summed E-state index contributed by atoms with van der Waals surface area (Å²) in [6.07, 6.45) is 0. The molecule has 2 aromatic rings. The van der Waals surface area contributed by atoms with E-state index in [0.717, 1.165) is 15.7 Å². The summed E-state index contributed by atoms with van der Waals surface area (Å²) >= 11 is 1.58. The van der Waals surface area contributed by atoms with E-state index in [0.29, 0.717) is 0 Å². The molecule has 1 aromatic carbocycles. The summed E-state index contributed by atoms with van der Waals surface area (Å²) < 4.78 is 1.09. The van der Waals surface area contributed by atoms with Crippen molar-refractivity contribution in [2.24, 2.45) is 0 Å². The molecule has 2 radical (unpaired) electrons. The van der Waals surface area contributed by atoms with Gasteiger partial charge in [-0.3, -0.25) is 0 Å². The zero-order valence-electron chi connectivity index (χ0n) is 5.24. The Balaban J connectivity index is 2.95. The van der Waals surface area contributed by atoms with Crippen LogP contribution in [0.3, 0.4) is 0 Å². The molecule has 0 saturated carbocycles. The van der Waals surface area contributed by atoms with Crippen LogP contribution in [0.25, 0.3) is 10.2 Å². The lowest BCUT2D eigenvalue weighted by molar-refractivity contribution is 1.50. The average molecular weight is 145 g/mol. The van der Waals surface area contributed by atoms with Crippen LogP contribution in [0, 0.1) is 0 Å². The van der Waals surface area contributed by atoms with Crippen LogP contribution in [-0.2, 0) is 0 Å². The quantitative estimate of drug-likeness (QED) is 0.505. The Bertz CT molecular complexity index is 355. The highest BCUT2D eigenvalue weighted by Gasteiger charge is 1.95. The first-order chi connectivity index (χ1) is 4.88. The van der Waals surface area contributed by atoms with Crippen molar-refractivity contribution in [3.8, 4) is 0 Å². The van der Waals surface area contributed by atoms with Gasteiger partial charge in [0.15, 0.2) is 0 Å². The van der Waals surface area contributed by atoms with Crippen LogP contribution in [0.4, 0.5) is 0 Å². The van der Waals surface area contributed by atoms with Gasteiger partial charge in [0.05, 0.1) is 11.0 Å². The van der Waals surface area contributed by atoms with Gasteiger partial charge in [-0.25, -0.2) is 4.98 Å². The topological polar surface area (TPSA) is 12.9 Å². The first kappa shape index (κ1) is 5.92. The fourth-order valence-electron chi connectivity index (χ4n) is 0.908. The first-order valence-electron chi connectivity index (χ1n) is 2.95. The Labute approximate surface area is 64.1 Å². The summed E-state index contributed by atoms with van der Waals surface area (Å²) in [5.74, 6) is 0. The molecule has 3 heteroatoms. The molecule has 1 heterocycles. The smallest absolute Gasteiger partial charge is 0.115 e. The third kappa shape index (κ3) is 0.744. The minimum absolute atomic E-state index is 0.819. The molecule has 1 aromatic heterocycles. The highest BCUT2D eigenvalue weighted by Crippen LogP contribution is 2.13. The van der Waals surface area contributed by atoms with E-state index >= 15 is 0 Å². The van der Waals surface area contributed by atoms with Crippen molar-refractivity contribution < 1.29 is 0 Å². The standard InChI is InChI=1S/C7H4BNS/c8-5-2-1-3-6-7(5)10-4-9-6/h1-4H. The minimum atomic E-state index is 0.819. The van der Waals surface area contributed by atoms with Gasteiger partial charge in [0.2, 0.25) is 0 Å². The summed E-state index contributed by atoms with van der Waals surface area (Å²) in [7, 11) is 5.67. The molecule has 10 heavy (non-hydrogen) atoms. The lowest BCUT2D eigenvalue weighted by Crippen LogP contribution is -1.99. The van der Waals surface area contributed by atoms with Crippen LogP contribution in [0.2, 0.25) is 0 Å². The maximum atomic E-state index is 5.67. The SMILES string of the molecule is [B]c1cccc2ncsc12. The second-order valence-electron chi connectivity index (χ2n) is 2.05. The monoisotopic (exact) mass is 145 g/mol. The molecule has 0 fully saturated rings. The summed E-state index contributed by atoms with van der Waals surface area (Å²) in [6.45, 7) is 0. The van der Waals surface area contributed by atoms with Crippen molar-refractivity contribution in [1.29, 1.82) is 0 Å². The molecule has 2 rings (SSSR count). The zero-order chi connectivity index (χ0) is 6.97. The van der Waals surface area contributed by atoms with Crippen molar-refractivity contribution in [1.82, 2.24) is 4.98 Å². The van der Waals surface area contributed by atoms with E-state index in [1.807, 2.05) is 18.2 Å². The summed E-state index contributed by atoms with van der Waals surface area (Å²) in [5, 5.41) is 0. The number of hydrogen-bond acceptors (Lipinski definition) is 2. The number of hydrogen-bond donors (Lipinski definition) is 0. The van der Waals surface area contributed by atoms with Gasteiger partial charge in [0.1, 0.15) is 7.85 Å². The highest BCUT2D eigenvalue weighted by atomic mass is 32.1. The molecule has 0 aliphatic rings. The Morgan fingerprint density at radius 1 is 1.40 bits per heavy atom. The second-order valence-corrected chi connectivity index (χ2v) is 2.90. The van der Waals surface area contributed by atoms with Crippen LogP contribution in [-0.4, -0.2) is 12.8 Å². The fourth-order valence-corrected chi connectivity index (χ4v) is 1.63. The lowest BCUT2D eigenvalue weighted by Gasteiger charge is -1.90. The normalized spacial score (nSPS) is 10.4. The number of fused-ring (bicyclic) bond motifs is 1.